The van der Waals surface area contributed by atoms with Gasteiger partial charge in [-0.05, 0) is 30.3 Å². The zero-order valence-corrected chi connectivity index (χ0v) is 13.7. The Hall–Kier alpha value is -2.25. The maximum absolute atomic E-state index is 12.4. The van der Waals surface area contributed by atoms with Crippen molar-refractivity contribution >= 4 is 38.3 Å². The van der Waals surface area contributed by atoms with E-state index in [-0.39, 0.29) is 11.4 Å². The first-order valence-corrected chi connectivity index (χ1v) is 8.69. The predicted octanol–water partition coefficient (Wildman–Crippen LogP) is 3.43. The first-order valence-electron chi connectivity index (χ1n) is 6.66. The summed E-state index contributed by atoms with van der Waals surface area (Å²) >= 11 is 5.91. The van der Waals surface area contributed by atoms with E-state index in [2.05, 4.69) is 9.88 Å². The third-order valence-electron chi connectivity index (χ3n) is 3.21. The molecule has 0 amide bonds. The molecule has 6 nitrogen and oxygen atoms in total. The molecule has 1 aromatic heterocycles. The average molecular weight is 353 g/mol. The fourth-order valence-electron chi connectivity index (χ4n) is 2.19. The van der Waals surface area contributed by atoms with Crippen molar-refractivity contribution in [2.75, 3.05) is 11.8 Å². The van der Waals surface area contributed by atoms with Crippen LogP contribution in [-0.2, 0) is 15.8 Å². The number of nitrogens with zero attached hydrogens (tertiary/aromatic N) is 1. The predicted molar refractivity (Wildman–Crippen MR) is 88.3 cm³/mol. The highest BCUT2D eigenvalue weighted by atomic mass is 35.5. The maximum Gasteiger partial charge on any atom is 0.238 e. The molecule has 0 aliphatic carbocycles. The highest BCUT2D eigenvalue weighted by Gasteiger charge is 2.19. The lowest BCUT2D eigenvalue weighted by Crippen LogP contribution is -2.16. The zero-order chi connectivity index (χ0) is 16.4. The van der Waals surface area contributed by atoms with Gasteiger partial charge in [-0.15, -0.1) is 0 Å². The summed E-state index contributed by atoms with van der Waals surface area (Å²) in [7, 11) is -2.26. The lowest BCUT2D eigenvalue weighted by atomic mass is 10.2. The van der Waals surface area contributed by atoms with Gasteiger partial charge in [0.1, 0.15) is 17.2 Å². The van der Waals surface area contributed by atoms with Crippen LogP contribution in [0.15, 0.2) is 47.0 Å². The number of methoxy groups -OCH3 is 1. The van der Waals surface area contributed by atoms with E-state index in [1.54, 1.807) is 36.4 Å². The summed E-state index contributed by atoms with van der Waals surface area (Å²) < 4.78 is 37.5. The van der Waals surface area contributed by atoms with Crippen molar-refractivity contribution in [3.05, 3.63) is 53.2 Å². The second-order valence-corrected chi connectivity index (χ2v) is 6.99. The van der Waals surface area contributed by atoms with Crippen LogP contribution < -0.4 is 9.46 Å². The largest absolute Gasteiger partial charge is 0.495 e. The van der Waals surface area contributed by atoms with E-state index >= 15 is 0 Å². The van der Waals surface area contributed by atoms with Gasteiger partial charge in [0, 0.05) is 10.4 Å². The van der Waals surface area contributed by atoms with E-state index in [0.29, 0.717) is 27.4 Å². The summed E-state index contributed by atoms with van der Waals surface area (Å²) in [4.78, 5) is 0. The van der Waals surface area contributed by atoms with Crippen molar-refractivity contribution in [1.82, 2.24) is 5.16 Å². The number of nitrogens with one attached hydrogen (secondary N) is 1. The molecule has 0 radical (unpaired) electrons. The number of benzene rings is 2. The van der Waals surface area contributed by atoms with E-state index in [1.807, 2.05) is 0 Å². The van der Waals surface area contributed by atoms with Crippen LogP contribution in [0.5, 0.6) is 5.75 Å². The van der Waals surface area contributed by atoms with Gasteiger partial charge in [0.2, 0.25) is 10.0 Å². The fourth-order valence-corrected chi connectivity index (χ4v) is 3.49. The Bertz CT molecular complexity index is 953. The molecule has 0 saturated heterocycles. The van der Waals surface area contributed by atoms with Gasteiger partial charge >= 0.3 is 0 Å². The van der Waals surface area contributed by atoms with Crippen LogP contribution in [0.1, 0.15) is 5.69 Å². The molecule has 2 aromatic carbocycles. The van der Waals surface area contributed by atoms with Gasteiger partial charge in [-0.25, -0.2) is 8.42 Å². The number of ether oxygens (including phenoxy) is 1. The van der Waals surface area contributed by atoms with E-state index in [4.69, 9.17) is 20.9 Å². The Labute approximate surface area is 138 Å². The van der Waals surface area contributed by atoms with Gasteiger partial charge in [0.25, 0.3) is 0 Å². The van der Waals surface area contributed by atoms with Gasteiger partial charge in [0.15, 0.2) is 5.58 Å². The van der Waals surface area contributed by atoms with Gasteiger partial charge in [-0.2, -0.15) is 0 Å². The van der Waals surface area contributed by atoms with Crippen molar-refractivity contribution in [2.45, 2.75) is 5.75 Å². The summed E-state index contributed by atoms with van der Waals surface area (Å²) in [5.74, 6) is 0.0580. The summed E-state index contributed by atoms with van der Waals surface area (Å²) in [5.41, 5.74) is 1.15. The molecule has 0 saturated carbocycles. The normalized spacial score (nSPS) is 11.6. The topological polar surface area (TPSA) is 81.4 Å². The summed E-state index contributed by atoms with van der Waals surface area (Å²) in [6, 6.07) is 11.8. The zero-order valence-electron chi connectivity index (χ0n) is 12.1. The highest BCUT2D eigenvalue weighted by Crippen LogP contribution is 2.29. The van der Waals surface area contributed by atoms with Crippen LogP contribution in [0, 0.1) is 0 Å². The number of fused-ring (bicyclic) bond motifs is 1. The minimum absolute atomic E-state index is 0.271. The SMILES string of the molecule is COc1ccc(Cl)cc1NS(=O)(=O)Cc1noc2ccccc12. The molecule has 8 heteroatoms. The second-order valence-electron chi connectivity index (χ2n) is 4.83. The number of sulfonamides is 1. The molecule has 3 aromatic rings. The van der Waals surface area contributed by atoms with Crippen LogP contribution in [0.4, 0.5) is 5.69 Å². The van der Waals surface area contributed by atoms with Crippen LogP contribution in [0.3, 0.4) is 0 Å². The Morgan fingerprint density at radius 1 is 1.26 bits per heavy atom. The maximum atomic E-state index is 12.4. The van der Waals surface area contributed by atoms with Gasteiger partial charge in [0.05, 0.1) is 12.8 Å². The molecule has 1 heterocycles. The van der Waals surface area contributed by atoms with Crippen molar-refractivity contribution < 1.29 is 17.7 Å². The molecule has 1 N–H and O–H groups in total. The first-order chi connectivity index (χ1) is 11.0. The molecule has 0 unspecified atom stereocenters. The van der Waals surface area contributed by atoms with E-state index in [1.165, 1.54) is 13.2 Å². The minimum Gasteiger partial charge on any atom is -0.495 e. The molecule has 0 aliphatic rings. The number of hydrogen-bond acceptors (Lipinski definition) is 5. The standard InChI is InChI=1S/C15H13ClN2O4S/c1-21-15-7-6-10(16)8-12(15)18-23(19,20)9-13-11-4-2-3-5-14(11)22-17-13/h2-8,18H,9H2,1H3. The summed E-state index contributed by atoms with van der Waals surface area (Å²) in [6.45, 7) is 0. The molecular formula is C15H13ClN2O4S. The second kappa shape index (κ2) is 6.10. The highest BCUT2D eigenvalue weighted by molar-refractivity contribution is 7.91. The Morgan fingerprint density at radius 3 is 2.83 bits per heavy atom. The van der Waals surface area contributed by atoms with E-state index in [0.717, 1.165) is 0 Å². The number of hydrogen-bond donors (Lipinski definition) is 1. The lowest BCUT2D eigenvalue weighted by molar-refractivity contribution is 0.417. The molecule has 0 bridgehead atoms. The number of rotatable bonds is 5. The molecule has 120 valence electrons. The van der Waals surface area contributed by atoms with Crippen LogP contribution >= 0.6 is 11.6 Å². The minimum atomic E-state index is -3.71. The Kier molecular flexibility index (Phi) is 4.14. The molecule has 0 atom stereocenters. The number of para-hydroxylation sites is 1. The Balaban J connectivity index is 1.89. The Morgan fingerprint density at radius 2 is 2.04 bits per heavy atom. The van der Waals surface area contributed by atoms with Crippen molar-refractivity contribution in [3.8, 4) is 5.75 Å². The first kappa shape index (κ1) is 15.6. The smallest absolute Gasteiger partial charge is 0.238 e. The lowest BCUT2D eigenvalue weighted by Gasteiger charge is -2.11. The van der Waals surface area contributed by atoms with E-state index in [9.17, 15) is 8.42 Å². The van der Waals surface area contributed by atoms with Crippen molar-refractivity contribution in [2.24, 2.45) is 0 Å². The van der Waals surface area contributed by atoms with Crippen LogP contribution in [0.2, 0.25) is 5.02 Å². The third kappa shape index (κ3) is 3.40. The van der Waals surface area contributed by atoms with Crippen molar-refractivity contribution in [1.29, 1.82) is 0 Å². The quantitative estimate of drug-likeness (QED) is 0.760. The van der Waals surface area contributed by atoms with Crippen LogP contribution in [-0.4, -0.2) is 20.7 Å². The van der Waals surface area contributed by atoms with E-state index < -0.39 is 10.0 Å². The molecule has 0 spiro atoms. The van der Waals surface area contributed by atoms with Crippen LogP contribution in [0.25, 0.3) is 11.0 Å². The van der Waals surface area contributed by atoms with Gasteiger partial charge in [-0.3, -0.25) is 4.72 Å². The molecular weight excluding hydrogens is 340 g/mol. The monoisotopic (exact) mass is 352 g/mol. The molecule has 0 fully saturated rings. The summed E-state index contributed by atoms with van der Waals surface area (Å²) in [6.07, 6.45) is 0. The number of halogens is 1. The van der Waals surface area contributed by atoms with Crippen molar-refractivity contribution in [3.63, 3.8) is 0 Å². The van der Waals surface area contributed by atoms with Gasteiger partial charge < -0.3 is 9.26 Å². The number of aromatic nitrogens is 1. The van der Waals surface area contributed by atoms with Gasteiger partial charge in [-0.1, -0.05) is 28.9 Å². The molecule has 23 heavy (non-hydrogen) atoms. The fraction of sp³-hybridized carbons (Fsp3) is 0.133. The molecule has 0 aliphatic heterocycles. The average Bonchev–Trinajstić information content (AvgIpc) is 2.90. The number of anilines is 1. The molecule has 3 rings (SSSR count). The third-order valence-corrected chi connectivity index (χ3v) is 4.63. The summed E-state index contributed by atoms with van der Waals surface area (Å²) in [5, 5.41) is 4.89.